The van der Waals surface area contributed by atoms with E-state index in [1.54, 1.807) is 16.8 Å². The summed E-state index contributed by atoms with van der Waals surface area (Å²) in [4.78, 5) is 0. The summed E-state index contributed by atoms with van der Waals surface area (Å²) in [5.74, 6) is -0.991. The smallest absolute Gasteiger partial charge is 0.144 e. The second-order valence-corrected chi connectivity index (χ2v) is 6.33. The first-order chi connectivity index (χ1) is 12.6. The number of para-hydroxylation sites is 1. The molecule has 128 valence electrons. The molecule has 0 saturated heterocycles. The number of nitrogen functional groups attached to an aromatic ring is 1. The standard InChI is InChI=1S/C20H16ClN5/c1-13-18(20(24)26(25-13)17-5-3-2-4-6-17)19(15(11-22)12-23)14-7-9-16(21)10-8-14/h2-10,15,19H,24H2,1H3. The predicted octanol–water partition coefficient (Wildman–Crippen LogP) is 4.21. The average molecular weight is 362 g/mol. The fraction of sp³-hybridized carbons (Fsp3) is 0.150. The number of rotatable bonds is 4. The van der Waals surface area contributed by atoms with Crippen molar-refractivity contribution in [3.8, 4) is 17.8 Å². The summed E-state index contributed by atoms with van der Waals surface area (Å²) >= 11 is 5.99. The average Bonchev–Trinajstić information content (AvgIpc) is 2.96. The Bertz CT molecular complexity index is 980. The van der Waals surface area contributed by atoms with Gasteiger partial charge in [0.2, 0.25) is 0 Å². The van der Waals surface area contributed by atoms with E-state index in [0.717, 1.165) is 11.3 Å². The highest BCUT2D eigenvalue weighted by atomic mass is 35.5. The maximum Gasteiger partial charge on any atom is 0.144 e. The molecule has 1 unspecified atom stereocenters. The van der Waals surface area contributed by atoms with Gasteiger partial charge in [0.1, 0.15) is 11.7 Å². The zero-order chi connectivity index (χ0) is 18.7. The lowest BCUT2D eigenvalue weighted by molar-refractivity contribution is 0.707. The summed E-state index contributed by atoms with van der Waals surface area (Å²) < 4.78 is 1.64. The van der Waals surface area contributed by atoms with Gasteiger partial charge in [-0.2, -0.15) is 15.6 Å². The fourth-order valence-electron chi connectivity index (χ4n) is 3.08. The summed E-state index contributed by atoms with van der Waals surface area (Å²) in [5.41, 5.74) is 9.39. The summed E-state index contributed by atoms with van der Waals surface area (Å²) in [6.45, 7) is 1.83. The topological polar surface area (TPSA) is 91.4 Å². The Morgan fingerprint density at radius 2 is 1.65 bits per heavy atom. The Hall–Kier alpha value is -3.28. The molecule has 0 aliphatic carbocycles. The molecule has 0 bridgehead atoms. The molecule has 0 fully saturated rings. The lowest BCUT2D eigenvalue weighted by atomic mass is 9.82. The van der Waals surface area contributed by atoms with Crippen LogP contribution < -0.4 is 5.73 Å². The van der Waals surface area contributed by atoms with Crippen LogP contribution in [0.5, 0.6) is 0 Å². The second-order valence-electron chi connectivity index (χ2n) is 5.90. The van der Waals surface area contributed by atoms with E-state index < -0.39 is 11.8 Å². The molecule has 0 aliphatic heterocycles. The number of hydrogen-bond acceptors (Lipinski definition) is 4. The zero-order valence-corrected chi connectivity index (χ0v) is 14.9. The van der Waals surface area contributed by atoms with Crippen LogP contribution >= 0.6 is 11.6 Å². The molecule has 1 aromatic heterocycles. The Balaban J connectivity index is 2.20. The molecule has 3 rings (SSSR count). The van der Waals surface area contributed by atoms with Crippen LogP contribution in [-0.4, -0.2) is 9.78 Å². The van der Waals surface area contributed by atoms with Crippen molar-refractivity contribution in [2.24, 2.45) is 5.92 Å². The number of nitrogens with two attached hydrogens (primary N) is 1. The fourth-order valence-corrected chi connectivity index (χ4v) is 3.21. The van der Waals surface area contributed by atoms with Crippen molar-refractivity contribution in [3.05, 3.63) is 76.4 Å². The Kier molecular flexibility index (Phi) is 4.93. The molecule has 2 aromatic carbocycles. The van der Waals surface area contributed by atoms with Crippen molar-refractivity contribution in [2.75, 3.05) is 5.73 Å². The molecule has 26 heavy (non-hydrogen) atoms. The molecular weight excluding hydrogens is 346 g/mol. The first-order valence-corrected chi connectivity index (χ1v) is 8.39. The molecule has 5 nitrogen and oxygen atoms in total. The molecule has 3 aromatic rings. The summed E-state index contributed by atoms with van der Waals surface area (Å²) in [6.07, 6.45) is 0. The molecule has 6 heteroatoms. The van der Waals surface area contributed by atoms with Crippen molar-refractivity contribution >= 4 is 17.4 Å². The number of nitriles is 2. The van der Waals surface area contributed by atoms with Gasteiger partial charge in [-0.3, -0.25) is 0 Å². The second kappa shape index (κ2) is 7.31. The minimum Gasteiger partial charge on any atom is -0.383 e. The molecule has 2 N–H and O–H groups in total. The summed E-state index contributed by atoms with van der Waals surface area (Å²) in [5, 5.41) is 24.2. The molecule has 0 radical (unpaired) electrons. The van der Waals surface area contributed by atoms with Crippen LogP contribution in [0.1, 0.15) is 22.7 Å². The van der Waals surface area contributed by atoms with Gasteiger partial charge in [-0.15, -0.1) is 0 Å². The van der Waals surface area contributed by atoms with E-state index >= 15 is 0 Å². The monoisotopic (exact) mass is 361 g/mol. The molecule has 0 saturated carbocycles. The third-order valence-corrected chi connectivity index (χ3v) is 4.55. The number of anilines is 1. The largest absolute Gasteiger partial charge is 0.383 e. The first kappa shape index (κ1) is 17.5. The first-order valence-electron chi connectivity index (χ1n) is 8.02. The van der Waals surface area contributed by atoms with E-state index in [0.29, 0.717) is 22.1 Å². The number of nitrogens with zero attached hydrogens (tertiary/aromatic N) is 4. The number of aryl methyl sites for hydroxylation is 1. The van der Waals surface area contributed by atoms with Crippen molar-refractivity contribution in [1.82, 2.24) is 9.78 Å². The highest BCUT2D eigenvalue weighted by Crippen LogP contribution is 2.38. The molecule has 0 spiro atoms. The summed E-state index contributed by atoms with van der Waals surface area (Å²) in [7, 11) is 0. The van der Waals surface area contributed by atoms with Gasteiger partial charge in [0.05, 0.1) is 23.5 Å². The zero-order valence-electron chi connectivity index (χ0n) is 14.1. The van der Waals surface area contributed by atoms with Gasteiger partial charge in [0.25, 0.3) is 0 Å². The number of halogens is 1. The third-order valence-electron chi connectivity index (χ3n) is 4.30. The van der Waals surface area contributed by atoms with Crippen LogP contribution in [0.25, 0.3) is 5.69 Å². The molecule has 0 amide bonds. The Labute approximate surface area is 156 Å². The van der Waals surface area contributed by atoms with Crippen LogP contribution in [-0.2, 0) is 0 Å². The lowest BCUT2D eigenvalue weighted by Gasteiger charge is -2.19. The van der Waals surface area contributed by atoms with Gasteiger partial charge in [0.15, 0.2) is 0 Å². The van der Waals surface area contributed by atoms with E-state index in [2.05, 4.69) is 17.2 Å². The molecular formula is C20H16ClN5. The van der Waals surface area contributed by atoms with Gasteiger partial charge in [-0.25, -0.2) is 4.68 Å². The minimum atomic E-state index is -0.898. The van der Waals surface area contributed by atoms with Crippen LogP contribution in [0.4, 0.5) is 5.82 Å². The van der Waals surface area contributed by atoms with Crippen LogP contribution in [0.2, 0.25) is 5.02 Å². The normalized spacial score (nSPS) is 11.7. The van der Waals surface area contributed by atoms with Crippen LogP contribution in [0, 0.1) is 35.5 Å². The Morgan fingerprint density at radius 1 is 1.04 bits per heavy atom. The summed E-state index contributed by atoms with van der Waals surface area (Å²) in [6, 6.07) is 20.8. The van der Waals surface area contributed by atoms with Gasteiger partial charge >= 0.3 is 0 Å². The lowest BCUT2D eigenvalue weighted by Crippen LogP contribution is -2.14. The maximum atomic E-state index is 9.51. The van der Waals surface area contributed by atoms with Gasteiger partial charge in [0, 0.05) is 16.5 Å². The molecule has 1 heterocycles. The van der Waals surface area contributed by atoms with Gasteiger partial charge in [-0.1, -0.05) is 41.9 Å². The van der Waals surface area contributed by atoms with Gasteiger partial charge in [-0.05, 0) is 36.8 Å². The van der Waals surface area contributed by atoms with Crippen LogP contribution in [0.15, 0.2) is 54.6 Å². The van der Waals surface area contributed by atoms with Crippen molar-refractivity contribution in [1.29, 1.82) is 10.5 Å². The SMILES string of the molecule is Cc1nn(-c2ccccc2)c(N)c1C(c1ccc(Cl)cc1)C(C#N)C#N. The third kappa shape index (κ3) is 3.13. The Morgan fingerprint density at radius 3 is 2.23 bits per heavy atom. The van der Waals surface area contributed by atoms with E-state index in [1.807, 2.05) is 49.4 Å². The predicted molar refractivity (Wildman–Crippen MR) is 101 cm³/mol. The molecule has 0 aliphatic rings. The number of benzene rings is 2. The van der Waals surface area contributed by atoms with Crippen molar-refractivity contribution in [2.45, 2.75) is 12.8 Å². The maximum absolute atomic E-state index is 9.51. The minimum absolute atomic E-state index is 0.421. The number of hydrogen-bond donors (Lipinski definition) is 1. The van der Waals surface area contributed by atoms with E-state index in [9.17, 15) is 10.5 Å². The number of aromatic nitrogens is 2. The quantitative estimate of drug-likeness (QED) is 0.753. The van der Waals surface area contributed by atoms with E-state index in [4.69, 9.17) is 17.3 Å². The van der Waals surface area contributed by atoms with Crippen LogP contribution in [0.3, 0.4) is 0 Å². The van der Waals surface area contributed by atoms with Crippen molar-refractivity contribution < 1.29 is 0 Å². The van der Waals surface area contributed by atoms with Crippen molar-refractivity contribution in [3.63, 3.8) is 0 Å². The highest BCUT2D eigenvalue weighted by Gasteiger charge is 2.31. The van der Waals surface area contributed by atoms with E-state index in [-0.39, 0.29) is 0 Å². The highest BCUT2D eigenvalue weighted by molar-refractivity contribution is 6.30. The molecule has 1 atom stereocenters. The van der Waals surface area contributed by atoms with E-state index in [1.165, 1.54) is 0 Å². The van der Waals surface area contributed by atoms with Gasteiger partial charge < -0.3 is 5.73 Å².